The second kappa shape index (κ2) is 7.76. The predicted molar refractivity (Wildman–Crippen MR) is 94.3 cm³/mol. The molecule has 0 aromatic heterocycles. The molecule has 2 rings (SSSR count). The fourth-order valence-corrected chi connectivity index (χ4v) is 2.65. The summed E-state index contributed by atoms with van der Waals surface area (Å²) >= 11 is 0. The number of Topliss-reactive ketones (excluding diaryl/α,β-unsaturated/α-hetero) is 1. The van der Waals surface area contributed by atoms with Gasteiger partial charge < -0.3 is 14.2 Å². The molecule has 1 amide bonds. The zero-order valence-electron chi connectivity index (χ0n) is 15.8. The number of amides is 1. The lowest BCUT2D eigenvalue weighted by atomic mass is 10.0. The molecule has 7 nitrogen and oxygen atoms in total. The number of hydrogen-bond acceptors (Lipinski definition) is 6. The number of ether oxygens (including phenoxy) is 3. The zero-order chi connectivity index (χ0) is 19.5. The van der Waals surface area contributed by atoms with Crippen molar-refractivity contribution in [1.82, 2.24) is 4.90 Å². The molecule has 0 N–H and O–H groups in total. The molecule has 0 spiro atoms. The smallest absolute Gasteiger partial charge is 0.410 e. The minimum atomic E-state index is -0.899. The Kier molecular flexibility index (Phi) is 5.90. The number of ketones is 1. The minimum Gasteiger partial charge on any atom is -0.491 e. The van der Waals surface area contributed by atoms with Gasteiger partial charge >= 0.3 is 12.1 Å². The van der Waals surface area contributed by atoms with Crippen molar-refractivity contribution in [3.63, 3.8) is 0 Å². The topological polar surface area (TPSA) is 82.1 Å². The molecule has 0 saturated heterocycles. The van der Waals surface area contributed by atoms with E-state index in [1.807, 2.05) is 27.7 Å². The van der Waals surface area contributed by atoms with Crippen molar-refractivity contribution in [3.8, 4) is 5.75 Å². The molecule has 1 aromatic rings. The normalized spacial score (nSPS) is 16.8. The van der Waals surface area contributed by atoms with Crippen molar-refractivity contribution in [3.05, 3.63) is 29.3 Å². The highest BCUT2D eigenvalue weighted by Gasteiger charge is 2.31. The summed E-state index contributed by atoms with van der Waals surface area (Å²) in [6, 6.07) is 4.45. The summed E-state index contributed by atoms with van der Waals surface area (Å²) in [5.74, 6) is -1.15. The maximum atomic E-state index is 12.5. The van der Waals surface area contributed by atoms with E-state index in [-0.39, 0.29) is 24.8 Å². The van der Waals surface area contributed by atoms with E-state index in [1.165, 1.54) is 12.1 Å². The molecule has 1 aromatic carbocycles. The van der Waals surface area contributed by atoms with E-state index in [0.29, 0.717) is 12.3 Å². The van der Waals surface area contributed by atoms with Gasteiger partial charge in [0.2, 0.25) is 0 Å². The third-order valence-electron chi connectivity index (χ3n) is 3.87. The Balaban J connectivity index is 2.26. The first-order valence-corrected chi connectivity index (χ1v) is 8.62. The maximum Gasteiger partial charge on any atom is 0.410 e. The van der Waals surface area contributed by atoms with Crippen LogP contribution in [0.3, 0.4) is 0 Å². The largest absolute Gasteiger partial charge is 0.491 e. The van der Waals surface area contributed by atoms with E-state index < -0.39 is 23.4 Å². The van der Waals surface area contributed by atoms with Crippen LogP contribution in [0.4, 0.5) is 4.79 Å². The van der Waals surface area contributed by atoms with Crippen LogP contribution in [0, 0.1) is 0 Å². The molecular weight excluding hydrogens is 338 g/mol. The molecule has 0 fully saturated rings. The molecular formula is C19H25NO6. The van der Waals surface area contributed by atoms with Crippen molar-refractivity contribution in [2.75, 3.05) is 19.8 Å². The van der Waals surface area contributed by atoms with Crippen molar-refractivity contribution in [1.29, 1.82) is 0 Å². The molecule has 26 heavy (non-hydrogen) atoms. The van der Waals surface area contributed by atoms with Crippen LogP contribution in [-0.4, -0.2) is 48.1 Å². The van der Waals surface area contributed by atoms with E-state index in [4.69, 9.17) is 14.2 Å². The van der Waals surface area contributed by atoms with E-state index in [0.717, 1.165) is 5.56 Å². The summed E-state index contributed by atoms with van der Waals surface area (Å²) in [7, 11) is 0. The quantitative estimate of drug-likeness (QED) is 0.466. The summed E-state index contributed by atoms with van der Waals surface area (Å²) < 4.78 is 15.9. The summed E-state index contributed by atoms with van der Waals surface area (Å²) in [5.41, 5.74) is 0.344. The van der Waals surface area contributed by atoms with Crippen LogP contribution in [0.1, 0.15) is 56.6 Å². The molecule has 7 heteroatoms. The lowest BCUT2D eigenvalue weighted by molar-refractivity contribution is -0.137. The van der Waals surface area contributed by atoms with Crippen LogP contribution in [0.15, 0.2) is 18.2 Å². The minimum absolute atomic E-state index is 0.133. The van der Waals surface area contributed by atoms with Gasteiger partial charge in [-0.3, -0.25) is 9.69 Å². The van der Waals surface area contributed by atoms with Gasteiger partial charge in [0.05, 0.1) is 19.2 Å². The average molecular weight is 363 g/mol. The third kappa shape index (κ3) is 4.53. The van der Waals surface area contributed by atoms with Gasteiger partial charge in [0, 0.05) is 11.1 Å². The molecule has 1 heterocycles. The summed E-state index contributed by atoms with van der Waals surface area (Å²) in [5, 5.41) is 0. The summed E-state index contributed by atoms with van der Waals surface area (Å²) in [4.78, 5) is 37.8. The third-order valence-corrected chi connectivity index (χ3v) is 3.87. The molecule has 0 saturated carbocycles. The van der Waals surface area contributed by atoms with Crippen LogP contribution in [0.25, 0.3) is 0 Å². The molecule has 0 radical (unpaired) electrons. The second-order valence-corrected chi connectivity index (χ2v) is 7.00. The molecule has 1 aliphatic rings. The number of rotatable bonds is 3. The van der Waals surface area contributed by atoms with Crippen molar-refractivity contribution >= 4 is 17.8 Å². The lowest BCUT2D eigenvalue weighted by Gasteiger charge is -2.30. The van der Waals surface area contributed by atoms with Gasteiger partial charge in [0.1, 0.15) is 18.0 Å². The lowest BCUT2D eigenvalue weighted by Crippen LogP contribution is -2.39. The van der Waals surface area contributed by atoms with Crippen molar-refractivity contribution in [2.24, 2.45) is 0 Å². The fraction of sp³-hybridized carbons (Fsp3) is 0.526. The predicted octanol–water partition coefficient (Wildman–Crippen LogP) is 3.12. The number of benzene rings is 1. The van der Waals surface area contributed by atoms with Crippen molar-refractivity contribution in [2.45, 2.75) is 46.3 Å². The first kappa shape index (κ1) is 19.8. The summed E-state index contributed by atoms with van der Waals surface area (Å²) in [6.07, 6.45) is -0.423. The Labute approximate surface area is 153 Å². The highest BCUT2D eigenvalue weighted by molar-refractivity contribution is 6.40. The van der Waals surface area contributed by atoms with Gasteiger partial charge in [-0.2, -0.15) is 0 Å². The molecule has 0 unspecified atom stereocenters. The number of esters is 1. The molecule has 1 aliphatic heterocycles. The van der Waals surface area contributed by atoms with E-state index in [2.05, 4.69) is 0 Å². The first-order valence-electron chi connectivity index (χ1n) is 8.62. The standard InChI is InChI=1S/C19H25NO6/c1-6-24-17(22)16(21)13-7-8-14-12(2)20(9-10-25-15(14)11-13)18(23)26-19(3,4)5/h7-8,11-12H,6,9-10H2,1-5H3/t12-/m1/s1. The van der Waals surface area contributed by atoms with Gasteiger partial charge in [-0.25, -0.2) is 9.59 Å². The highest BCUT2D eigenvalue weighted by atomic mass is 16.6. The van der Waals surface area contributed by atoms with Crippen molar-refractivity contribution < 1.29 is 28.6 Å². The Morgan fingerprint density at radius 2 is 1.96 bits per heavy atom. The van der Waals surface area contributed by atoms with E-state index >= 15 is 0 Å². The molecule has 0 aliphatic carbocycles. The average Bonchev–Trinajstić information content (AvgIpc) is 2.71. The Bertz CT molecular complexity index is 706. The second-order valence-electron chi connectivity index (χ2n) is 7.00. The van der Waals surface area contributed by atoms with Crippen LogP contribution < -0.4 is 4.74 Å². The Hall–Kier alpha value is -2.57. The van der Waals surface area contributed by atoms with Crippen LogP contribution >= 0.6 is 0 Å². The van der Waals surface area contributed by atoms with Crippen LogP contribution in [-0.2, 0) is 14.3 Å². The van der Waals surface area contributed by atoms with E-state index in [1.54, 1.807) is 17.9 Å². The van der Waals surface area contributed by atoms with Crippen LogP contribution in [0.2, 0.25) is 0 Å². The fourth-order valence-electron chi connectivity index (χ4n) is 2.65. The first-order chi connectivity index (χ1) is 12.1. The molecule has 142 valence electrons. The zero-order valence-corrected chi connectivity index (χ0v) is 15.8. The van der Waals surface area contributed by atoms with Gasteiger partial charge in [-0.05, 0) is 40.7 Å². The summed E-state index contributed by atoms with van der Waals surface area (Å²) in [6.45, 7) is 9.68. The number of nitrogens with zero attached hydrogens (tertiary/aromatic N) is 1. The maximum absolute atomic E-state index is 12.5. The van der Waals surface area contributed by atoms with Crippen LogP contribution in [0.5, 0.6) is 5.75 Å². The van der Waals surface area contributed by atoms with E-state index in [9.17, 15) is 14.4 Å². The number of hydrogen-bond donors (Lipinski definition) is 0. The van der Waals surface area contributed by atoms with Gasteiger partial charge in [-0.1, -0.05) is 12.1 Å². The highest BCUT2D eigenvalue weighted by Crippen LogP contribution is 2.33. The van der Waals surface area contributed by atoms with Gasteiger partial charge in [0.25, 0.3) is 5.78 Å². The van der Waals surface area contributed by atoms with Gasteiger partial charge in [0.15, 0.2) is 0 Å². The monoisotopic (exact) mass is 363 g/mol. The molecule has 1 atom stereocenters. The SMILES string of the molecule is CCOC(=O)C(=O)c1ccc2c(c1)OCCN(C(=O)OC(C)(C)C)[C@@H]2C. The Morgan fingerprint density at radius 3 is 2.58 bits per heavy atom. The number of carbonyl (C=O) groups is 3. The van der Waals surface area contributed by atoms with Gasteiger partial charge in [-0.15, -0.1) is 0 Å². The molecule has 0 bridgehead atoms. The number of fused-ring (bicyclic) bond motifs is 1. The number of carbonyl (C=O) groups excluding carboxylic acids is 3. The Morgan fingerprint density at radius 1 is 1.27 bits per heavy atom.